The molecule has 0 aromatic heterocycles. The van der Waals surface area contributed by atoms with Gasteiger partial charge in [0.05, 0.1) is 0 Å². The number of nitrogens with one attached hydrogen (secondary N) is 1. The minimum Gasteiger partial charge on any atom is -0.314 e. The molecule has 1 unspecified atom stereocenters. The lowest BCUT2D eigenvalue weighted by molar-refractivity contribution is 0.174. The van der Waals surface area contributed by atoms with Crippen molar-refractivity contribution in [3.63, 3.8) is 0 Å². The van der Waals surface area contributed by atoms with Crippen molar-refractivity contribution >= 4 is 0 Å². The molecule has 1 N–H and O–H groups in total. The Morgan fingerprint density at radius 2 is 1.95 bits per heavy atom. The maximum Gasteiger partial charge on any atom is 0.00683 e. The van der Waals surface area contributed by atoms with Gasteiger partial charge in [-0.05, 0) is 56.7 Å². The van der Waals surface area contributed by atoms with E-state index >= 15 is 0 Å². The highest BCUT2D eigenvalue weighted by Crippen LogP contribution is 2.21. The highest BCUT2D eigenvalue weighted by molar-refractivity contribution is 5.14. The van der Waals surface area contributed by atoms with Crippen LogP contribution in [0.4, 0.5) is 0 Å². The standard InChI is InChI=1S/C17H26N2/c1-2-5-15(6-3-1)10-12-19-11-4-7-16(14-19)13-18-17-8-9-17/h1-3,5-6,16-18H,4,7-14H2. The minimum atomic E-state index is 0.861. The van der Waals surface area contributed by atoms with E-state index < -0.39 is 0 Å². The summed E-state index contributed by atoms with van der Waals surface area (Å²) in [7, 11) is 0. The van der Waals surface area contributed by atoms with Gasteiger partial charge < -0.3 is 10.2 Å². The number of likely N-dealkylation sites (tertiary alicyclic amines) is 1. The average Bonchev–Trinajstić information content (AvgIpc) is 3.29. The van der Waals surface area contributed by atoms with Crippen LogP contribution in [0.15, 0.2) is 30.3 Å². The van der Waals surface area contributed by atoms with E-state index in [2.05, 4.69) is 40.5 Å². The van der Waals surface area contributed by atoms with Gasteiger partial charge in [-0.15, -0.1) is 0 Å². The van der Waals surface area contributed by atoms with Gasteiger partial charge in [0.1, 0.15) is 0 Å². The van der Waals surface area contributed by atoms with Crippen LogP contribution in [0, 0.1) is 5.92 Å². The monoisotopic (exact) mass is 258 g/mol. The number of rotatable bonds is 6. The van der Waals surface area contributed by atoms with Crippen molar-refractivity contribution in [3.05, 3.63) is 35.9 Å². The molecule has 0 radical (unpaired) electrons. The molecule has 1 atom stereocenters. The number of benzene rings is 1. The first-order valence-corrected chi connectivity index (χ1v) is 7.90. The summed E-state index contributed by atoms with van der Waals surface area (Å²) in [6, 6.07) is 11.7. The zero-order valence-electron chi connectivity index (χ0n) is 11.9. The Balaban J connectivity index is 1.40. The Kier molecular flexibility index (Phi) is 4.52. The quantitative estimate of drug-likeness (QED) is 0.844. The van der Waals surface area contributed by atoms with Gasteiger partial charge in [0.15, 0.2) is 0 Å². The number of piperidine rings is 1. The zero-order valence-corrected chi connectivity index (χ0v) is 11.9. The Morgan fingerprint density at radius 3 is 2.74 bits per heavy atom. The first kappa shape index (κ1) is 13.1. The summed E-state index contributed by atoms with van der Waals surface area (Å²) in [4.78, 5) is 2.66. The van der Waals surface area contributed by atoms with Crippen molar-refractivity contribution in [2.75, 3.05) is 26.2 Å². The fourth-order valence-corrected chi connectivity index (χ4v) is 3.07. The van der Waals surface area contributed by atoms with Gasteiger partial charge >= 0.3 is 0 Å². The van der Waals surface area contributed by atoms with E-state index in [1.807, 2.05) is 0 Å². The number of hydrogen-bond donors (Lipinski definition) is 1. The van der Waals surface area contributed by atoms with Crippen molar-refractivity contribution in [1.29, 1.82) is 0 Å². The summed E-state index contributed by atoms with van der Waals surface area (Å²) in [6.07, 6.45) is 6.81. The predicted octanol–water partition coefficient (Wildman–Crippen LogP) is 2.69. The second-order valence-electron chi connectivity index (χ2n) is 6.23. The summed E-state index contributed by atoms with van der Waals surface area (Å²) in [6.45, 7) is 5.07. The van der Waals surface area contributed by atoms with Crippen LogP contribution in [0.1, 0.15) is 31.2 Å². The molecule has 0 bridgehead atoms. The lowest BCUT2D eigenvalue weighted by Gasteiger charge is -2.33. The van der Waals surface area contributed by atoms with Gasteiger partial charge in [-0.25, -0.2) is 0 Å². The van der Waals surface area contributed by atoms with E-state index in [0.29, 0.717) is 0 Å². The van der Waals surface area contributed by atoms with Crippen molar-refractivity contribution in [3.8, 4) is 0 Å². The zero-order chi connectivity index (χ0) is 12.9. The van der Waals surface area contributed by atoms with Crippen LogP contribution in [0.5, 0.6) is 0 Å². The SMILES string of the molecule is c1ccc(CCN2CCCC(CNC3CC3)C2)cc1. The summed E-state index contributed by atoms with van der Waals surface area (Å²) in [5.74, 6) is 0.880. The Labute approximate surface area is 117 Å². The lowest BCUT2D eigenvalue weighted by atomic mass is 9.97. The number of nitrogens with zero attached hydrogens (tertiary/aromatic N) is 1. The molecule has 1 aromatic carbocycles. The van der Waals surface area contributed by atoms with Crippen molar-refractivity contribution < 1.29 is 0 Å². The molecule has 1 aliphatic heterocycles. The second kappa shape index (κ2) is 6.53. The molecule has 2 aliphatic rings. The molecule has 3 rings (SSSR count). The van der Waals surface area contributed by atoms with Crippen molar-refractivity contribution in [2.24, 2.45) is 5.92 Å². The van der Waals surface area contributed by atoms with Gasteiger partial charge in [0.25, 0.3) is 0 Å². The molecule has 2 heteroatoms. The summed E-state index contributed by atoms with van der Waals surface area (Å²) in [5, 5.41) is 3.69. The van der Waals surface area contributed by atoms with Crippen molar-refractivity contribution in [1.82, 2.24) is 10.2 Å². The second-order valence-corrected chi connectivity index (χ2v) is 6.23. The highest BCUT2D eigenvalue weighted by Gasteiger charge is 2.24. The molecule has 0 spiro atoms. The van der Waals surface area contributed by atoms with Crippen LogP contribution in [0.3, 0.4) is 0 Å². The lowest BCUT2D eigenvalue weighted by Crippen LogP contribution is -2.40. The van der Waals surface area contributed by atoms with E-state index in [1.165, 1.54) is 63.8 Å². The molecule has 104 valence electrons. The maximum absolute atomic E-state index is 3.69. The van der Waals surface area contributed by atoms with Crippen LogP contribution in [0.2, 0.25) is 0 Å². The van der Waals surface area contributed by atoms with Gasteiger partial charge in [0, 0.05) is 19.1 Å². The van der Waals surface area contributed by atoms with Crippen LogP contribution >= 0.6 is 0 Å². The van der Waals surface area contributed by atoms with Crippen LogP contribution in [-0.2, 0) is 6.42 Å². The normalized spacial score (nSPS) is 24.5. The molecule has 1 aromatic rings. The largest absolute Gasteiger partial charge is 0.314 e. The van der Waals surface area contributed by atoms with E-state index in [0.717, 1.165) is 12.0 Å². The third-order valence-corrected chi connectivity index (χ3v) is 4.44. The predicted molar refractivity (Wildman–Crippen MR) is 80.3 cm³/mol. The molecule has 2 nitrogen and oxygen atoms in total. The summed E-state index contributed by atoms with van der Waals surface area (Å²) in [5.41, 5.74) is 1.47. The Hall–Kier alpha value is -0.860. The van der Waals surface area contributed by atoms with Gasteiger partial charge in [-0.1, -0.05) is 30.3 Å². The third-order valence-electron chi connectivity index (χ3n) is 4.44. The van der Waals surface area contributed by atoms with Crippen LogP contribution < -0.4 is 5.32 Å². The fraction of sp³-hybridized carbons (Fsp3) is 0.647. The van der Waals surface area contributed by atoms with Crippen molar-refractivity contribution in [2.45, 2.75) is 38.1 Å². The highest BCUT2D eigenvalue weighted by atomic mass is 15.1. The number of hydrogen-bond acceptors (Lipinski definition) is 2. The van der Waals surface area contributed by atoms with E-state index in [4.69, 9.17) is 0 Å². The molecule has 1 heterocycles. The van der Waals surface area contributed by atoms with Crippen LogP contribution in [-0.4, -0.2) is 37.1 Å². The fourth-order valence-electron chi connectivity index (χ4n) is 3.07. The molecule has 1 aliphatic carbocycles. The molecule has 1 saturated heterocycles. The Morgan fingerprint density at radius 1 is 1.11 bits per heavy atom. The Bertz CT molecular complexity index is 372. The van der Waals surface area contributed by atoms with E-state index in [1.54, 1.807) is 0 Å². The third kappa shape index (κ3) is 4.32. The topological polar surface area (TPSA) is 15.3 Å². The van der Waals surface area contributed by atoms with Crippen LogP contribution in [0.25, 0.3) is 0 Å². The van der Waals surface area contributed by atoms with E-state index in [-0.39, 0.29) is 0 Å². The first-order valence-electron chi connectivity index (χ1n) is 7.90. The summed E-state index contributed by atoms with van der Waals surface area (Å²) >= 11 is 0. The van der Waals surface area contributed by atoms with Gasteiger partial charge in [0.2, 0.25) is 0 Å². The van der Waals surface area contributed by atoms with Gasteiger partial charge in [-0.3, -0.25) is 0 Å². The summed E-state index contributed by atoms with van der Waals surface area (Å²) < 4.78 is 0. The average molecular weight is 258 g/mol. The minimum absolute atomic E-state index is 0.861. The van der Waals surface area contributed by atoms with Gasteiger partial charge in [-0.2, -0.15) is 0 Å². The molecular weight excluding hydrogens is 232 g/mol. The van der Waals surface area contributed by atoms with E-state index in [9.17, 15) is 0 Å². The maximum atomic E-state index is 3.69. The molecule has 19 heavy (non-hydrogen) atoms. The smallest absolute Gasteiger partial charge is 0.00683 e. The molecule has 0 amide bonds. The first-order chi connectivity index (χ1) is 9.40. The molecule has 1 saturated carbocycles. The molecule has 2 fully saturated rings. The molecular formula is C17H26N2.